The van der Waals surface area contributed by atoms with E-state index in [-0.39, 0.29) is 12.0 Å². The maximum Gasteiger partial charge on any atom is 0.222 e. The number of aryl methyl sites for hydroxylation is 1. The molecular formula is C16H22N6O2. The minimum atomic E-state index is -0.245. The van der Waals surface area contributed by atoms with Crippen LogP contribution in [0.1, 0.15) is 24.6 Å². The molecule has 0 aromatic carbocycles. The summed E-state index contributed by atoms with van der Waals surface area (Å²) in [7, 11) is 1.80. The molecular weight excluding hydrogens is 308 g/mol. The number of nitrogens with one attached hydrogen (secondary N) is 1. The Hall–Kier alpha value is -2.48. The Morgan fingerprint density at radius 2 is 2.25 bits per heavy atom. The largest absolute Gasteiger partial charge is 0.372 e. The number of nitrogens with zero attached hydrogens (tertiary/aromatic N) is 5. The van der Waals surface area contributed by atoms with Gasteiger partial charge in [-0.2, -0.15) is 5.10 Å². The highest BCUT2D eigenvalue weighted by atomic mass is 16.5. The van der Waals surface area contributed by atoms with Crippen molar-refractivity contribution in [3.8, 4) is 0 Å². The number of amides is 1. The Balaban J connectivity index is 1.55. The molecule has 0 spiro atoms. The third kappa shape index (κ3) is 3.88. The van der Waals surface area contributed by atoms with Crippen molar-refractivity contribution in [3.63, 3.8) is 0 Å². The van der Waals surface area contributed by atoms with E-state index in [2.05, 4.69) is 20.4 Å². The smallest absolute Gasteiger partial charge is 0.222 e. The molecule has 0 radical (unpaired) electrons. The van der Waals surface area contributed by atoms with Gasteiger partial charge in [0.25, 0.3) is 0 Å². The van der Waals surface area contributed by atoms with Crippen molar-refractivity contribution < 1.29 is 9.53 Å². The average Bonchev–Trinajstić information content (AvgIpc) is 3.15. The Labute approximate surface area is 140 Å². The van der Waals surface area contributed by atoms with Gasteiger partial charge < -0.3 is 15.0 Å². The molecule has 3 heterocycles. The van der Waals surface area contributed by atoms with Gasteiger partial charge >= 0.3 is 0 Å². The van der Waals surface area contributed by atoms with Gasteiger partial charge in [-0.3, -0.25) is 14.5 Å². The van der Waals surface area contributed by atoms with Gasteiger partial charge in [-0.25, -0.2) is 4.98 Å². The van der Waals surface area contributed by atoms with Crippen LogP contribution in [0.3, 0.4) is 0 Å². The lowest BCUT2D eigenvalue weighted by molar-refractivity contribution is -0.139. The summed E-state index contributed by atoms with van der Waals surface area (Å²) in [4.78, 5) is 22.9. The van der Waals surface area contributed by atoms with Gasteiger partial charge in [-0.05, 0) is 12.5 Å². The Bertz CT molecular complexity index is 660. The van der Waals surface area contributed by atoms with Crippen molar-refractivity contribution in [1.29, 1.82) is 0 Å². The van der Waals surface area contributed by atoms with E-state index in [1.54, 1.807) is 25.6 Å². The van der Waals surface area contributed by atoms with Gasteiger partial charge in [0.1, 0.15) is 17.6 Å². The highest BCUT2D eigenvalue weighted by molar-refractivity contribution is 5.76. The fourth-order valence-electron chi connectivity index (χ4n) is 2.80. The van der Waals surface area contributed by atoms with Crippen molar-refractivity contribution >= 4 is 11.7 Å². The molecule has 1 fully saturated rings. The van der Waals surface area contributed by atoms with Crippen LogP contribution in [0.15, 0.2) is 30.9 Å². The van der Waals surface area contributed by atoms with Gasteiger partial charge in [-0.1, -0.05) is 0 Å². The molecule has 24 heavy (non-hydrogen) atoms. The third-order valence-electron chi connectivity index (χ3n) is 4.02. The Morgan fingerprint density at radius 1 is 1.38 bits per heavy atom. The Morgan fingerprint density at radius 3 is 3.04 bits per heavy atom. The minimum Gasteiger partial charge on any atom is -0.372 e. The first-order chi connectivity index (χ1) is 11.8. The van der Waals surface area contributed by atoms with E-state index >= 15 is 0 Å². The SMILES string of the molecule is CNc1nccnc1C1CN(C(=O)CCCn2cccn2)CCO1. The van der Waals surface area contributed by atoms with Crippen molar-refractivity contribution in [2.75, 3.05) is 32.1 Å². The second kappa shape index (κ2) is 7.87. The fraction of sp³-hybridized carbons (Fsp3) is 0.500. The zero-order valence-electron chi connectivity index (χ0n) is 13.8. The summed E-state index contributed by atoms with van der Waals surface area (Å²) in [5.41, 5.74) is 0.744. The van der Waals surface area contributed by atoms with Crippen LogP contribution < -0.4 is 5.32 Å². The van der Waals surface area contributed by atoms with Crippen molar-refractivity contribution in [3.05, 3.63) is 36.5 Å². The highest BCUT2D eigenvalue weighted by Gasteiger charge is 2.27. The molecule has 1 saturated heterocycles. The topological polar surface area (TPSA) is 85.2 Å². The zero-order valence-corrected chi connectivity index (χ0v) is 13.8. The minimum absolute atomic E-state index is 0.144. The number of aromatic nitrogens is 4. The van der Waals surface area contributed by atoms with Gasteiger partial charge in [0, 0.05) is 51.3 Å². The van der Waals surface area contributed by atoms with Crippen LogP contribution in [0.2, 0.25) is 0 Å². The quantitative estimate of drug-likeness (QED) is 0.853. The number of hydrogen-bond acceptors (Lipinski definition) is 6. The highest BCUT2D eigenvalue weighted by Crippen LogP contribution is 2.25. The third-order valence-corrected chi connectivity index (χ3v) is 4.02. The summed E-state index contributed by atoms with van der Waals surface area (Å²) < 4.78 is 7.64. The van der Waals surface area contributed by atoms with Crippen LogP contribution >= 0.6 is 0 Å². The molecule has 0 aliphatic carbocycles. The Kier molecular flexibility index (Phi) is 5.37. The number of carbonyl (C=O) groups excluding carboxylic acids is 1. The van der Waals surface area contributed by atoms with E-state index in [1.807, 2.05) is 21.8 Å². The number of ether oxygens (including phenoxy) is 1. The van der Waals surface area contributed by atoms with Gasteiger partial charge in [0.05, 0.1) is 13.2 Å². The summed E-state index contributed by atoms with van der Waals surface area (Å²) in [6.07, 6.45) is 7.96. The molecule has 1 amide bonds. The van der Waals surface area contributed by atoms with E-state index < -0.39 is 0 Å². The molecule has 1 unspecified atom stereocenters. The molecule has 1 aliphatic heterocycles. The number of hydrogen-bond donors (Lipinski definition) is 1. The maximum atomic E-state index is 12.4. The van der Waals surface area contributed by atoms with E-state index in [1.165, 1.54) is 0 Å². The normalized spacial score (nSPS) is 17.7. The van der Waals surface area contributed by atoms with Crippen LogP contribution in [0.5, 0.6) is 0 Å². The predicted octanol–water partition coefficient (Wildman–Crippen LogP) is 1.10. The number of rotatable bonds is 6. The van der Waals surface area contributed by atoms with Gasteiger partial charge in [0.15, 0.2) is 0 Å². The second-order valence-electron chi connectivity index (χ2n) is 5.61. The molecule has 2 aromatic heterocycles. The molecule has 8 heteroatoms. The zero-order chi connectivity index (χ0) is 16.8. The molecule has 8 nitrogen and oxygen atoms in total. The number of morpholine rings is 1. The van der Waals surface area contributed by atoms with Crippen LogP contribution in [0.25, 0.3) is 0 Å². The van der Waals surface area contributed by atoms with Crippen LogP contribution in [0.4, 0.5) is 5.82 Å². The van der Waals surface area contributed by atoms with Crippen LogP contribution in [0, 0.1) is 0 Å². The van der Waals surface area contributed by atoms with Gasteiger partial charge in [-0.15, -0.1) is 0 Å². The summed E-state index contributed by atoms with van der Waals surface area (Å²) in [5, 5.41) is 7.17. The summed E-state index contributed by atoms with van der Waals surface area (Å²) in [6, 6.07) is 1.88. The van der Waals surface area contributed by atoms with Gasteiger partial charge in [0.2, 0.25) is 5.91 Å². The monoisotopic (exact) mass is 330 g/mol. The lowest BCUT2D eigenvalue weighted by atomic mass is 10.1. The van der Waals surface area contributed by atoms with Crippen LogP contribution in [-0.4, -0.2) is 57.3 Å². The van der Waals surface area contributed by atoms with Crippen molar-refractivity contribution in [2.24, 2.45) is 0 Å². The number of anilines is 1. The molecule has 1 aliphatic rings. The lowest BCUT2D eigenvalue weighted by Crippen LogP contribution is -2.42. The molecule has 0 bridgehead atoms. The summed E-state index contributed by atoms with van der Waals surface area (Å²) in [6.45, 7) is 2.39. The molecule has 128 valence electrons. The van der Waals surface area contributed by atoms with Crippen molar-refractivity contribution in [2.45, 2.75) is 25.5 Å². The summed E-state index contributed by atoms with van der Waals surface area (Å²) in [5.74, 6) is 0.834. The molecule has 3 rings (SSSR count). The number of carbonyl (C=O) groups is 1. The lowest BCUT2D eigenvalue weighted by Gasteiger charge is -2.33. The fourth-order valence-corrected chi connectivity index (χ4v) is 2.80. The first-order valence-electron chi connectivity index (χ1n) is 8.13. The summed E-state index contributed by atoms with van der Waals surface area (Å²) >= 11 is 0. The molecule has 0 saturated carbocycles. The molecule has 2 aromatic rings. The molecule has 1 atom stereocenters. The maximum absolute atomic E-state index is 12.4. The standard InChI is InChI=1S/C16H22N6O2/c1-17-16-15(18-6-7-19-16)13-12-21(10-11-24-13)14(23)4-2-8-22-9-3-5-20-22/h3,5-7,9,13H,2,4,8,10-12H2,1H3,(H,17,19). The van der Waals surface area contributed by atoms with E-state index in [4.69, 9.17) is 4.74 Å². The second-order valence-corrected chi connectivity index (χ2v) is 5.61. The van der Waals surface area contributed by atoms with Crippen LogP contribution in [-0.2, 0) is 16.1 Å². The first kappa shape index (κ1) is 16.4. The van der Waals surface area contributed by atoms with E-state index in [0.29, 0.717) is 31.9 Å². The predicted molar refractivity (Wildman–Crippen MR) is 88.3 cm³/mol. The van der Waals surface area contributed by atoms with E-state index in [0.717, 1.165) is 18.7 Å². The first-order valence-corrected chi connectivity index (χ1v) is 8.13. The average molecular weight is 330 g/mol. The van der Waals surface area contributed by atoms with E-state index in [9.17, 15) is 4.79 Å². The molecule has 1 N–H and O–H groups in total. The van der Waals surface area contributed by atoms with Crippen molar-refractivity contribution in [1.82, 2.24) is 24.6 Å².